The van der Waals surface area contributed by atoms with Crippen LogP contribution in [-0.2, 0) is 15.7 Å². The fourth-order valence-electron chi connectivity index (χ4n) is 2.56. The molecular formula is C16H22F3NO2. The van der Waals surface area contributed by atoms with Crippen LogP contribution in [0.3, 0.4) is 0 Å². The number of methoxy groups -OCH3 is 1. The third-order valence-electron chi connectivity index (χ3n) is 3.63. The van der Waals surface area contributed by atoms with Crippen LogP contribution in [0.1, 0.15) is 33.3 Å². The number of benzene rings is 1. The minimum atomic E-state index is -4.39. The summed E-state index contributed by atoms with van der Waals surface area (Å²) < 4.78 is 42.9. The maximum absolute atomic E-state index is 12.5. The van der Waals surface area contributed by atoms with Gasteiger partial charge in [0.1, 0.15) is 0 Å². The van der Waals surface area contributed by atoms with E-state index in [2.05, 4.69) is 5.32 Å². The molecule has 0 aromatic heterocycles. The molecule has 1 aromatic rings. The van der Waals surface area contributed by atoms with Gasteiger partial charge in [0.05, 0.1) is 17.1 Å². The summed E-state index contributed by atoms with van der Waals surface area (Å²) >= 11 is 0. The average Bonchev–Trinajstić information content (AvgIpc) is 2.38. The van der Waals surface area contributed by atoms with E-state index in [1.165, 1.54) is 19.2 Å². The highest BCUT2D eigenvalue weighted by atomic mass is 19.4. The van der Waals surface area contributed by atoms with E-state index in [0.717, 1.165) is 12.1 Å². The zero-order valence-electron chi connectivity index (χ0n) is 13.4. The van der Waals surface area contributed by atoms with Crippen molar-refractivity contribution in [2.45, 2.75) is 40.0 Å². The number of alkyl halides is 3. The Morgan fingerprint density at radius 3 is 2.00 bits per heavy atom. The number of anilines is 1. The molecule has 3 nitrogen and oxygen atoms in total. The molecule has 6 heteroatoms. The lowest BCUT2D eigenvalue weighted by atomic mass is 9.79. The quantitative estimate of drug-likeness (QED) is 0.877. The van der Waals surface area contributed by atoms with Crippen molar-refractivity contribution in [2.75, 3.05) is 12.4 Å². The van der Waals surface area contributed by atoms with E-state index in [0.29, 0.717) is 5.69 Å². The standard InChI is InChI=1S/C16H22F3NO2/c1-10(2)13(22-5)15(3,4)14(21)20-12-8-6-11(7-9-12)16(17,18)19/h6-10,13H,1-5H3,(H,20,21). The van der Waals surface area contributed by atoms with Gasteiger partial charge >= 0.3 is 6.18 Å². The number of carbonyl (C=O) groups is 1. The van der Waals surface area contributed by atoms with Gasteiger partial charge in [-0.2, -0.15) is 13.2 Å². The molecule has 0 spiro atoms. The first kappa shape index (κ1) is 18.5. The number of nitrogens with one attached hydrogen (secondary N) is 1. The summed E-state index contributed by atoms with van der Waals surface area (Å²) in [5, 5.41) is 2.64. The van der Waals surface area contributed by atoms with E-state index in [9.17, 15) is 18.0 Å². The number of hydrogen-bond acceptors (Lipinski definition) is 2. The maximum Gasteiger partial charge on any atom is 0.416 e. The highest BCUT2D eigenvalue weighted by Crippen LogP contribution is 2.32. The predicted molar refractivity (Wildman–Crippen MR) is 79.5 cm³/mol. The second-order valence-electron chi connectivity index (χ2n) is 6.15. The molecule has 0 aliphatic carbocycles. The molecule has 0 saturated carbocycles. The second kappa shape index (κ2) is 6.69. The molecule has 1 unspecified atom stereocenters. The number of halogens is 3. The van der Waals surface area contributed by atoms with Crippen LogP contribution in [0.5, 0.6) is 0 Å². The van der Waals surface area contributed by atoms with Crippen LogP contribution >= 0.6 is 0 Å². The summed E-state index contributed by atoms with van der Waals surface area (Å²) in [4.78, 5) is 12.4. The van der Waals surface area contributed by atoms with E-state index >= 15 is 0 Å². The van der Waals surface area contributed by atoms with Crippen LogP contribution in [0.4, 0.5) is 18.9 Å². The molecule has 22 heavy (non-hydrogen) atoms. The van der Waals surface area contributed by atoms with Gasteiger partial charge < -0.3 is 10.1 Å². The summed E-state index contributed by atoms with van der Waals surface area (Å²) in [7, 11) is 1.54. The molecule has 1 aromatic carbocycles. The third-order valence-corrected chi connectivity index (χ3v) is 3.63. The normalized spacial score (nSPS) is 14.0. The van der Waals surface area contributed by atoms with E-state index < -0.39 is 17.2 Å². The third kappa shape index (κ3) is 4.22. The zero-order chi connectivity index (χ0) is 17.1. The molecule has 0 bridgehead atoms. The second-order valence-corrected chi connectivity index (χ2v) is 6.15. The highest BCUT2D eigenvalue weighted by Gasteiger charge is 2.39. The number of rotatable bonds is 5. The maximum atomic E-state index is 12.5. The Morgan fingerprint density at radius 2 is 1.64 bits per heavy atom. The minimum absolute atomic E-state index is 0.123. The van der Waals surface area contributed by atoms with Gasteiger partial charge in [-0.15, -0.1) is 0 Å². The van der Waals surface area contributed by atoms with Crippen LogP contribution in [0.2, 0.25) is 0 Å². The van der Waals surface area contributed by atoms with Gasteiger partial charge in [-0.1, -0.05) is 13.8 Å². The van der Waals surface area contributed by atoms with Crippen molar-refractivity contribution < 1.29 is 22.7 Å². The fourth-order valence-corrected chi connectivity index (χ4v) is 2.56. The number of hydrogen-bond donors (Lipinski definition) is 1. The lowest BCUT2D eigenvalue weighted by Crippen LogP contribution is -2.44. The van der Waals surface area contributed by atoms with Crippen molar-refractivity contribution >= 4 is 11.6 Å². The van der Waals surface area contributed by atoms with Crippen LogP contribution in [-0.4, -0.2) is 19.1 Å². The van der Waals surface area contributed by atoms with E-state index in [1.54, 1.807) is 13.8 Å². The first-order valence-corrected chi connectivity index (χ1v) is 7.01. The first-order valence-electron chi connectivity index (χ1n) is 7.01. The van der Waals surface area contributed by atoms with Gasteiger partial charge in [0.2, 0.25) is 5.91 Å². The molecular weight excluding hydrogens is 295 g/mol. The van der Waals surface area contributed by atoms with Crippen LogP contribution in [0.15, 0.2) is 24.3 Å². The highest BCUT2D eigenvalue weighted by molar-refractivity contribution is 5.95. The lowest BCUT2D eigenvalue weighted by molar-refractivity contribution is -0.137. The Hall–Kier alpha value is -1.56. The van der Waals surface area contributed by atoms with Crippen molar-refractivity contribution in [1.29, 1.82) is 0 Å². The Labute approximate surface area is 128 Å². The summed E-state index contributed by atoms with van der Waals surface area (Å²) in [5.41, 5.74) is -1.24. The van der Waals surface area contributed by atoms with Gasteiger partial charge in [-0.05, 0) is 44.0 Å². The van der Waals surface area contributed by atoms with Crippen LogP contribution < -0.4 is 5.32 Å². The smallest absolute Gasteiger partial charge is 0.380 e. The molecule has 1 N–H and O–H groups in total. The molecule has 0 radical (unpaired) electrons. The van der Waals surface area contributed by atoms with Gasteiger partial charge in [0, 0.05) is 12.8 Å². The number of carbonyl (C=O) groups excluding carboxylic acids is 1. The molecule has 0 aliphatic rings. The number of ether oxygens (including phenoxy) is 1. The molecule has 0 aliphatic heterocycles. The Bertz CT molecular complexity index is 507. The Kier molecular flexibility index (Phi) is 5.62. The molecule has 0 heterocycles. The van der Waals surface area contributed by atoms with Crippen molar-refractivity contribution in [3.05, 3.63) is 29.8 Å². The molecule has 124 valence electrons. The minimum Gasteiger partial charge on any atom is -0.380 e. The van der Waals surface area contributed by atoms with Crippen molar-refractivity contribution in [3.63, 3.8) is 0 Å². The van der Waals surface area contributed by atoms with Crippen molar-refractivity contribution in [1.82, 2.24) is 0 Å². The molecule has 1 amide bonds. The molecule has 1 atom stereocenters. The first-order chi connectivity index (χ1) is 10.00. The molecule has 1 rings (SSSR count). The van der Waals surface area contributed by atoms with Gasteiger partial charge in [0.25, 0.3) is 0 Å². The Morgan fingerprint density at radius 1 is 1.14 bits per heavy atom. The van der Waals surface area contributed by atoms with Crippen molar-refractivity contribution in [3.8, 4) is 0 Å². The molecule has 0 fully saturated rings. The predicted octanol–water partition coefficient (Wildman–Crippen LogP) is 4.34. The Balaban J connectivity index is 2.88. The fraction of sp³-hybridized carbons (Fsp3) is 0.562. The average molecular weight is 317 g/mol. The topological polar surface area (TPSA) is 38.3 Å². The number of amides is 1. The van der Waals surface area contributed by atoms with E-state index in [-0.39, 0.29) is 17.9 Å². The van der Waals surface area contributed by atoms with Crippen molar-refractivity contribution in [2.24, 2.45) is 11.3 Å². The summed E-state index contributed by atoms with van der Waals surface area (Å²) in [5.74, 6) is -0.175. The lowest BCUT2D eigenvalue weighted by Gasteiger charge is -2.34. The summed E-state index contributed by atoms with van der Waals surface area (Å²) in [6.45, 7) is 7.39. The summed E-state index contributed by atoms with van der Waals surface area (Å²) in [6, 6.07) is 4.37. The van der Waals surface area contributed by atoms with E-state index in [1.807, 2.05) is 13.8 Å². The van der Waals surface area contributed by atoms with Crippen LogP contribution in [0.25, 0.3) is 0 Å². The van der Waals surface area contributed by atoms with Gasteiger partial charge in [-0.3, -0.25) is 4.79 Å². The van der Waals surface area contributed by atoms with E-state index in [4.69, 9.17) is 4.74 Å². The van der Waals surface area contributed by atoms with Gasteiger partial charge in [-0.25, -0.2) is 0 Å². The van der Waals surface area contributed by atoms with Gasteiger partial charge in [0.15, 0.2) is 0 Å². The molecule has 0 saturated heterocycles. The zero-order valence-corrected chi connectivity index (χ0v) is 13.4. The van der Waals surface area contributed by atoms with Crippen LogP contribution in [0, 0.1) is 11.3 Å². The summed E-state index contributed by atoms with van der Waals surface area (Å²) in [6.07, 6.45) is -4.69. The monoisotopic (exact) mass is 317 g/mol. The largest absolute Gasteiger partial charge is 0.416 e. The SMILES string of the molecule is COC(C(C)C)C(C)(C)C(=O)Nc1ccc(C(F)(F)F)cc1.